The number of nitrogens with zero attached hydrogens (tertiary/aromatic N) is 1. The van der Waals surface area contributed by atoms with Crippen LogP contribution in [0.5, 0.6) is 0 Å². The fourth-order valence-electron chi connectivity index (χ4n) is 12.2. The van der Waals surface area contributed by atoms with Crippen molar-refractivity contribution in [2.24, 2.45) is 0 Å². The topological polar surface area (TPSA) is 16.4 Å². The molecule has 65 heavy (non-hydrogen) atoms. The standard InChI is InChI=1S/C63H49NO/c1-61(2)36-37-62(3,4)59-47(24-16-29-54(59)61)50-38-49-45-22-10-14-28-53(45)63(51-26-12-8-20-43(51)44-21-9-13-27-52(44)63)55(49)39-57(50)64(42-34-32-41(33-35-42)40-18-6-5-7-19-40)56-30-17-25-48-46-23-11-15-31-58(46)65-60(48)56/h5-35,38-39H,36-37H2,1-4H3. The van der Waals surface area contributed by atoms with Gasteiger partial charge in [0.15, 0.2) is 5.58 Å². The van der Waals surface area contributed by atoms with Crippen LogP contribution in [0.15, 0.2) is 205 Å². The van der Waals surface area contributed by atoms with Crippen LogP contribution in [0.3, 0.4) is 0 Å². The maximum Gasteiger partial charge on any atom is 0.159 e. The summed E-state index contributed by atoms with van der Waals surface area (Å²) in [5, 5.41) is 2.22. The van der Waals surface area contributed by atoms with Gasteiger partial charge < -0.3 is 9.32 Å². The summed E-state index contributed by atoms with van der Waals surface area (Å²) in [4.78, 5) is 2.51. The molecule has 0 saturated heterocycles. The minimum absolute atomic E-state index is 0.0402. The molecule has 1 spiro atoms. The van der Waals surface area contributed by atoms with Crippen LogP contribution < -0.4 is 4.90 Å². The Morgan fingerprint density at radius 3 is 1.63 bits per heavy atom. The van der Waals surface area contributed by atoms with E-state index >= 15 is 0 Å². The zero-order valence-corrected chi connectivity index (χ0v) is 37.3. The molecule has 0 N–H and O–H groups in total. The van der Waals surface area contributed by atoms with E-state index in [1.54, 1.807) is 0 Å². The second-order valence-corrected chi connectivity index (χ2v) is 19.8. The highest BCUT2D eigenvalue weighted by atomic mass is 16.3. The molecule has 0 unspecified atom stereocenters. The largest absolute Gasteiger partial charge is 0.454 e. The smallest absolute Gasteiger partial charge is 0.159 e. The fourth-order valence-corrected chi connectivity index (χ4v) is 12.2. The molecule has 1 heterocycles. The summed E-state index contributed by atoms with van der Waals surface area (Å²) >= 11 is 0. The molecule has 9 aromatic carbocycles. The van der Waals surface area contributed by atoms with Gasteiger partial charge in [-0.15, -0.1) is 0 Å². The molecule has 1 aromatic heterocycles. The number of furan rings is 1. The van der Waals surface area contributed by atoms with Gasteiger partial charge in [-0.05, 0) is 132 Å². The van der Waals surface area contributed by atoms with E-state index in [0.29, 0.717) is 0 Å². The van der Waals surface area contributed by atoms with E-state index in [2.05, 4.69) is 233 Å². The highest BCUT2D eigenvalue weighted by Gasteiger charge is 2.52. The van der Waals surface area contributed by atoms with Crippen molar-refractivity contribution in [1.82, 2.24) is 0 Å². The number of anilines is 3. The summed E-state index contributed by atoms with van der Waals surface area (Å²) in [5.74, 6) is 0. The molecule has 0 aliphatic heterocycles. The Morgan fingerprint density at radius 1 is 0.385 bits per heavy atom. The Morgan fingerprint density at radius 2 is 0.923 bits per heavy atom. The van der Waals surface area contributed by atoms with E-state index in [0.717, 1.165) is 51.8 Å². The van der Waals surface area contributed by atoms with Crippen molar-refractivity contribution in [3.05, 3.63) is 234 Å². The molecule has 13 rings (SSSR count). The van der Waals surface area contributed by atoms with Crippen LogP contribution in [0.1, 0.15) is 73.9 Å². The lowest BCUT2D eigenvalue weighted by molar-refractivity contribution is 0.333. The molecule has 0 saturated carbocycles. The molecule has 0 fully saturated rings. The van der Waals surface area contributed by atoms with Crippen LogP contribution in [-0.2, 0) is 16.2 Å². The Labute approximate surface area is 381 Å². The van der Waals surface area contributed by atoms with Crippen LogP contribution in [0.4, 0.5) is 17.1 Å². The van der Waals surface area contributed by atoms with Gasteiger partial charge in [-0.2, -0.15) is 0 Å². The lowest BCUT2D eigenvalue weighted by Crippen LogP contribution is -2.34. The van der Waals surface area contributed by atoms with Crippen molar-refractivity contribution < 1.29 is 4.42 Å². The number of benzene rings is 9. The molecule has 312 valence electrons. The zero-order valence-electron chi connectivity index (χ0n) is 37.3. The quantitative estimate of drug-likeness (QED) is 0.172. The van der Waals surface area contributed by atoms with Crippen molar-refractivity contribution in [1.29, 1.82) is 0 Å². The van der Waals surface area contributed by atoms with Gasteiger partial charge in [-0.1, -0.05) is 191 Å². The van der Waals surface area contributed by atoms with Crippen molar-refractivity contribution in [2.75, 3.05) is 4.90 Å². The Bertz CT molecular complexity index is 3500. The summed E-state index contributed by atoms with van der Waals surface area (Å²) in [6.45, 7) is 9.80. The van der Waals surface area contributed by atoms with Gasteiger partial charge in [0.05, 0.1) is 16.8 Å². The van der Waals surface area contributed by atoms with Crippen molar-refractivity contribution >= 4 is 39.0 Å². The first-order valence-corrected chi connectivity index (χ1v) is 23.2. The van der Waals surface area contributed by atoms with Crippen molar-refractivity contribution in [3.8, 4) is 44.5 Å². The van der Waals surface area contributed by atoms with Gasteiger partial charge in [0, 0.05) is 22.0 Å². The minimum Gasteiger partial charge on any atom is -0.454 e. The second kappa shape index (κ2) is 13.8. The molecular formula is C63H49NO. The fraction of sp³-hybridized carbons (Fsp3) is 0.143. The van der Waals surface area contributed by atoms with E-state index in [-0.39, 0.29) is 10.8 Å². The predicted molar refractivity (Wildman–Crippen MR) is 271 cm³/mol. The molecule has 10 aromatic rings. The molecule has 0 radical (unpaired) electrons. The van der Waals surface area contributed by atoms with Crippen LogP contribution in [0.25, 0.3) is 66.4 Å². The highest BCUT2D eigenvalue weighted by Crippen LogP contribution is 2.65. The Kier molecular flexibility index (Phi) is 8.08. The van der Waals surface area contributed by atoms with E-state index in [1.807, 2.05) is 0 Å². The predicted octanol–water partition coefficient (Wildman–Crippen LogP) is 17.1. The molecule has 2 nitrogen and oxygen atoms in total. The molecule has 3 aliphatic rings. The average Bonchev–Trinajstić information content (AvgIpc) is 3.98. The average molecular weight is 836 g/mol. The summed E-state index contributed by atoms with van der Waals surface area (Å²) in [5.41, 5.74) is 22.8. The molecule has 0 amide bonds. The number of rotatable bonds is 5. The zero-order chi connectivity index (χ0) is 43.7. The first-order chi connectivity index (χ1) is 31.7. The molecule has 0 atom stereocenters. The van der Waals surface area contributed by atoms with Crippen molar-refractivity contribution in [3.63, 3.8) is 0 Å². The van der Waals surface area contributed by atoms with Gasteiger partial charge in [0.25, 0.3) is 0 Å². The van der Waals surface area contributed by atoms with Crippen LogP contribution in [-0.4, -0.2) is 0 Å². The van der Waals surface area contributed by atoms with Crippen LogP contribution in [0.2, 0.25) is 0 Å². The number of fused-ring (bicyclic) bond motifs is 14. The monoisotopic (exact) mass is 835 g/mol. The molecule has 0 bridgehead atoms. The first kappa shape index (κ1) is 38.1. The maximum atomic E-state index is 6.98. The SMILES string of the molecule is CC1(C)CCC(C)(C)c2c(-c3cc4c(cc3N(c3ccc(-c5ccccc5)cc3)c3cccc5c3oc3ccccc35)C3(c5ccccc5-c5ccccc53)c3ccccc3-4)cccc21. The summed E-state index contributed by atoms with van der Waals surface area (Å²) in [6.07, 6.45) is 2.27. The first-order valence-electron chi connectivity index (χ1n) is 23.2. The summed E-state index contributed by atoms with van der Waals surface area (Å²) in [6, 6.07) is 74.7. The second-order valence-electron chi connectivity index (χ2n) is 19.8. The normalized spacial score (nSPS) is 15.6. The van der Waals surface area contributed by atoms with Gasteiger partial charge in [-0.3, -0.25) is 0 Å². The molecule has 3 aliphatic carbocycles. The summed E-state index contributed by atoms with van der Waals surface area (Å²) in [7, 11) is 0. The van der Waals surface area contributed by atoms with Gasteiger partial charge in [-0.25, -0.2) is 0 Å². The van der Waals surface area contributed by atoms with Gasteiger partial charge in [0.2, 0.25) is 0 Å². The van der Waals surface area contributed by atoms with Crippen molar-refractivity contribution in [2.45, 2.75) is 56.8 Å². The van der Waals surface area contributed by atoms with E-state index in [4.69, 9.17) is 4.42 Å². The highest BCUT2D eigenvalue weighted by molar-refractivity contribution is 6.11. The lowest BCUT2D eigenvalue weighted by Gasteiger charge is -2.43. The van der Waals surface area contributed by atoms with Gasteiger partial charge >= 0.3 is 0 Å². The summed E-state index contributed by atoms with van der Waals surface area (Å²) < 4.78 is 6.98. The Hall–Kier alpha value is -7.42. The van der Waals surface area contributed by atoms with Gasteiger partial charge in [0.1, 0.15) is 5.58 Å². The third kappa shape index (κ3) is 5.34. The Balaban J connectivity index is 1.19. The molecule has 2 heteroatoms. The van der Waals surface area contributed by atoms with Crippen LogP contribution in [0, 0.1) is 0 Å². The van der Waals surface area contributed by atoms with E-state index in [9.17, 15) is 0 Å². The van der Waals surface area contributed by atoms with E-state index < -0.39 is 5.41 Å². The molecular weight excluding hydrogens is 787 g/mol. The number of hydrogen-bond acceptors (Lipinski definition) is 2. The third-order valence-corrected chi connectivity index (χ3v) is 15.3. The third-order valence-electron chi connectivity index (χ3n) is 15.3. The van der Waals surface area contributed by atoms with Crippen LogP contribution >= 0.6 is 0 Å². The van der Waals surface area contributed by atoms with E-state index in [1.165, 1.54) is 77.9 Å². The number of para-hydroxylation sites is 2. The lowest BCUT2D eigenvalue weighted by atomic mass is 9.61. The number of hydrogen-bond donors (Lipinski definition) is 0. The maximum absolute atomic E-state index is 6.98. The minimum atomic E-state index is -0.516.